The Morgan fingerprint density at radius 2 is 1.91 bits per heavy atom. The van der Waals surface area contributed by atoms with Gasteiger partial charge in [0.2, 0.25) is 10.0 Å². The molecule has 0 aliphatic carbocycles. The normalized spacial score (nSPS) is 17.5. The number of ether oxygens (including phenoxy) is 3. The van der Waals surface area contributed by atoms with Crippen molar-refractivity contribution < 1.29 is 22.6 Å². The summed E-state index contributed by atoms with van der Waals surface area (Å²) in [5, 5.41) is 0. The van der Waals surface area contributed by atoms with E-state index in [4.69, 9.17) is 14.2 Å². The summed E-state index contributed by atoms with van der Waals surface area (Å²) >= 11 is 0. The number of hydrogen-bond acceptors (Lipinski definition) is 5. The summed E-state index contributed by atoms with van der Waals surface area (Å²) in [4.78, 5) is 0.269. The minimum absolute atomic E-state index is 0.104. The third kappa shape index (κ3) is 4.19. The molecule has 0 bridgehead atoms. The van der Waals surface area contributed by atoms with Gasteiger partial charge in [-0.05, 0) is 25.0 Å². The predicted octanol–water partition coefficient (Wildman–Crippen LogP) is 1.51. The fourth-order valence-electron chi connectivity index (χ4n) is 2.45. The maximum Gasteiger partial charge on any atom is 0.243 e. The molecule has 22 heavy (non-hydrogen) atoms. The van der Waals surface area contributed by atoms with E-state index in [9.17, 15) is 8.42 Å². The van der Waals surface area contributed by atoms with Gasteiger partial charge in [0, 0.05) is 26.3 Å². The van der Waals surface area contributed by atoms with Crippen LogP contribution in [-0.2, 0) is 19.5 Å². The van der Waals surface area contributed by atoms with Gasteiger partial charge in [0.1, 0.15) is 5.75 Å². The van der Waals surface area contributed by atoms with E-state index >= 15 is 0 Å². The van der Waals surface area contributed by atoms with Crippen molar-refractivity contribution in [2.24, 2.45) is 0 Å². The molecule has 1 saturated heterocycles. The van der Waals surface area contributed by atoms with Crippen LogP contribution in [-0.4, -0.2) is 59.3 Å². The van der Waals surface area contributed by atoms with Crippen molar-refractivity contribution >= 4 is 10.0 Å². The van der Waals surface area contributed by atoms with E-state index in [0.717, 1.165) is 0 Å². The molecular formula is C15H23NO5S. The molecule has 0 aromatic heterocycles. The number of sulfonamides is 1. The molecule has 1 aromatic rings. The highest BCUT2D eigenvalue weighted by molar-refractivity contribution is 7.89. The Hall–Kier alpha value is -1.15. The van der Waals surface area contributed by atoms with Gasteiger partial charge in [0.05, 0.1) is 31.3 Å². The number of hydrogen-bond donors (Lipinski definition) is 0. The van der Waals surface area contributed by atoms with E-state index in [1.54, 1.807) is 31.4 Å². The first-order valence-corrected chi connectivity index (χ1v) is 8.76. The Kier molecular flexibility index (Phi) is 6.19. The third-order valence-electron chi connectivity index (χ3n) is 3.72. The second kappa shape index (κ2) is 7.92. The van der Waals surface area contributed by atoms with Gasteiger partial charge in [-0.3, -0.25) is 0 Å². The zero-order valence-corrected chi connectivity index (χ0v) is 13.8. The lowest BCUT2D eigenvalue weighted by atomic mass is 10.1. The number of benzene rings is 1. The molecule has 0 spiro atoms. The van der Waals surface area contributed by atoms with Crippen LogP contribution < -0.4 is 4.74 Å². The fourth-order valence-corrected chi connectivity index (χ4v) is 3.95. The first-order chi connectivity index (χ1) is 10.6. The largest absolute Gasteiger partial charge is 0.497 e. The molecule has 1 aliphatic rings. The van der Waals surface area contributed by atoms with Crippen LogP contribution in [0, 0.1) is 0 Å². The summed E-state index contributed by atoms with van der Waals surface area (Å²) in [6.07, 6.45) is 1.51. The molecule has 124 valence electrons. The molecule has 0 amide bonds. The molecule has 2 rings (SSSR count). The van der Waals surface area contributed by atoms with E-state index in [2.05, 4.69) is 0 Å². The van der Waals surface area contributed by atoms with Gasteiger partial charge in [0.25, 0.3) is 0 Å². The van der Waals surface area contributed by atoms with E-state index in [1.807, 2.05) is 0 Å². The van der Waals surface area contributed by atoms with Gasteiger partial charge in [-0.2, -0.15) is 4.31 Å². The van der Waals surface area contributed by atoms with Gasteiger partial charge in [-0.15, -0.1) is 0 Å². The molecule has 1 aromatic carbocycles. The monoisotopic (exact) mass is 329 g/mol. The van der Waals surface area contributed by atoms with E-state index < -0.39 is 10.0 Å². The molecule has 1 fully saturated rings. The van der Waals surface area contributed by atoms with Crippen LogP contribution in [0.5, 0.6) is 5.75 Å². The molecular weight excluding hydrogens is 306 g/mol. The van der Waals surface area contributed by atoms with Gasteiger partial charge in [-0.1, -0.05) is 6.07 Å². The molecule has 7 heteroatoms. The lowest BCUT2D eigenvalue weighted by molar-refractivity contribution is -0.00502. The van der Waals surface area contributed by atoms with Crippen molar-refractivity contribution in [2.75, 3.05) is 40.5 Å². The second-order valence-corrected chi connectivity index (χ2v) is 7.08. The first-order valence-electron chi connectivity index (χ1n) is 7.32. The Morgan fingerprint density at radius 3 is 2.55 bits per heavy atom. The zero-order valence-electron chi connectivity index (χ0n) is 13.0. The Labute approximate surface area is 132 Å². The summed E-state index contributed by atoms with van der Waals surface area (Å²) in [7, 11) is -0.316. The van der Waals surface area contributed by atoms with Crippen LogP contribution in [0.2, 0.25) is 0 Å². The zero-order chi connectivity index (χ0) is 16.0. The Morgan fingerprint density at radius 1 is 1.18 bits per heavy atom. The molecule has 6 nitrogen and oxygen atoms in total. The SMILES string of the molecule is COCCOC1CCN(S(=O)(=O)c2cccc(OC)c2)CC1. The quantitative estimate of drug-likeness (QED) is 0.710. The summed E-state index contributed by atoms with van der Waals surface area (Å²) < 4.78 is 42.5. The maximum atomic E-state index is 12.6. The molecule has 0 unspecified atom stereocenters. The summed E-state index contributed by atoms with van der Waals surface area (Å²) in [6.45, 7) is 2.04. The van der Waals surface area contributed by atoms with Gasteiger partial charge >= 0.3 is 0 Å². The lowest BCUT2D eigenvalue weighted by Crippen LogP contribution is -2.41. The highest BCUT2D eigenvalue weighted by Crippen LogP contribution is 2.24. The second-order valence-electron chi connectivity index (χ2n) is 5.15. The van der Waals surface area contributed by atoms with Crippen molar-refractivity contribution in [3.63, 3.8) is 0 Å². The molecule has 1 aliphatic heterocycles. The molecule has 0 radical (unpaired) electrons. The van der Waals surface area contributed by atoms with E-state index in [0.29, 0.717) is 44.9 Å². The van der Waals surface area contributed by atoms with E-state index in [1.165, 1.54) is 11.4 Å². The number of piperidine rings is 1. The van der Waals surface area contributed by atoms with Crippen molar-refractivity contribution in [3.05, 3.63) is 24.3 Å². The number of rotatable bonds is 7. The van der Waals surface area contributed by atoms with Crippen LogP contribution in [0.25, 0.3) is 0 Å². The predicted molar refractivity (Wildman–Crippen MR) is 82.6 cm³/mol. The van der Waals surface area contributed by atoms with Gasteiger partial charge in [-0.25, -0.2) is 8.42 Å². The summed E-state index contributed by atoms with van der Waals surface area (Å²) in [5.41, 5.74) is 0. The highest BCUT2D eigenvalue weighted by atomic mass is 32.2. The molecule has 0 saturated carbocycles. The third-order valence-corrected chi connectivity index (χ3v) is 5.62. The highest BCUT2D eigenvalue weighted by Gasteiger charge is 2.29. The van der Waals surface area contributed by atoms with E-state index in [-0.39, 0.29) is 11.0 Å². The van der Waals surface area contributed by atoms with Crippen LogP contribution in [0.15, 0.2) is 29.2 Å². The van der Waals surface area contributed by atoms with Gasteiger partial charge < -0.3 is 14.2 Å². The minimum atomic E-state index is -3.47. The minimum Gasteiger partial charge on any atom is -0.497 e. The number of methoxy groups -OCH3 is 2. The van der Waals surface area contributed by atoms with Crippen LogP contribution >= 0.6 is 0 Å². The molecule has 0 atom stereocenters. The maximum absolute atomic E-state index is 12.6. The lowest BCUT2D eigenvalue weighted by Gasteiger charge is -2.31. The first kappa shape index (κ1) is 17.2. The molecule has 0 N–H and O–H groups in total. The van der Waals surface area contributed by atoms with Crippen LogP contribution in [0.3, 0.4) is 0 Å². The van der Waals surface area contributed by atoms with Crippen molar-refractivity contribution in [3.8, 4) is 5.75 Å². The van der Waals surface area contributed by atoms with Crippen molar-refractivity contribution in [1.29, 1.82) is 0 Å². The fraction of sp³-hybridized carbons (Fsp3) is 0.600. The van der Waals surface area contributed by atoms with Crippen LogP contribution in [0.1, 0.15) is 12.8 Å². The summed E-state index contributed by atoms with van der Waals surface area (Å²) in [6, 6.07) is 6.57. The average molecular weight is 329 g/mol. The van der Waals surface area contributed by atoms with Crippen molar-refractivity contribution in [1.82, 2.24) is 4.31 Å². The Bertz CT molecular complexity index is 567. The average Bonchev–Trinajstić information content (AvgIpc) is 2.55. The van der Waals surface area contributed by atoms with Crippen LogP contribution in [0.4, 0.5) is 0 Å². The van der Waals surface area contributed by atoms with Gasteiger partial charge in [0.15, 0.2) is 0 Å². The molecule has 1 heterocycles. The number of nitrogens with zero attached hydrogens (tertiary/aromatic N) is 1. The Balaban J connectivity index is 1.97. The topological polar surface area (TPSA) is 65.1 Å². The standard InChI is InChI=1S/C15H23NO5S/c1-19-10-11-21-13-6-8-16(9-7-13)22(17,18)15-5-3-4-14(12-15)20-2/h3-5,12-13H,6-11H2,1-2H3. The smallest absolute Gasteiger partial charge is 0.243 e. The summed E-state index contributed by atoms with van der Waals surface area (Å²) in [5.74, 6) is 0.541. The van der Waals surface area contributed by atoms with Crippen molar-refractivity contribution in [2.45, 2.75) is 23.8 Å².